The van der Waals surface area contributed by atoms with Gasteiger partial charge < -0.3 is 0 Å². The number of benzene rings is 4. The first-order valence-corrected chi connectivity index (χ1v) is 9.50. The molecule has 0 nitrogen and oxygen atoms in total. The van der Waals surface area contributed by atoms with Crippen LogP contribution in [0.4, 0.5) is 0 Å². The van der Waals surface area contributed by atoms with Crippen molar-refractivity contribution in [3.63, 3.8) is 0 Å². The van der Waals surface area contributed by atoms with Crippen molar-refractivity contribution < 1.29 is 0 Å². The summed E-state index contributed by atoms with van der Waals surface area (Å²) in [5, 5.41) is 5.31. The molecule has 0 radical (unpaired) electrons. The number of fused-ring (bicyclic) bond motifs is 4. The molecule has 0 atom stereocenters. The number of thiophene rings is 1. The summed E-state index contributed by atoms with van der Waals surface area (Å²) >= 11 is 5.44. The Hall–Kier alpha value is -2.16. The van der Waals surface area contributed by atoms with Crippen molar-refractivity contribution in [2.75, 3.05) is 0 Å². The van der Waals surface area contributed by atoms with Gasteiger partial charge in [0.15, 0.2) is 0 Å². The zero-order chi connectivity index (χ0) is 16.1. The minimum Gasteiger partial charge on any atom is -0.135 e. The van der Waals surface area contributed by atoms with Crippen molar-refractivity contribution in [2.24, 2.45) is 0 Å². The summed E-state index contributed by atoms with van der Waals surface area (Å²) in [5.41, 5.74) is 2.50. The van der Waals surface area contributed by atoms with Gasteiger partial charge in [0.1, 0.15) is 0 Å². The lowest BCUT2D eigenvalue weighted by atomic mass is 10.0. The summed E-state index contributed by atoms with van der Waals surface area (Å²) in [6.45, 7) is 0. The average molecular weight is 389 g/mol. The van der Waals surface area contributed by atoms with Crippen molar-refractivity contribution in [1.29, 1.82) is 0 Å². The van der Waals surface area contributed by atoms with Gasteiger partial charge in [-0.05, 0) is 58.3 Å². The Balaban J connectivity index is 1.81. The third-order valence-electron chi connectivity index (χ3n) is 4.50. The predicted molar refractivity (Wildman–Crippen MR) is 110 cm³/mol. The molecule has 0 spiro atoms. The average Bonchev–Trinajstić information content (AvgIpc) is 2.96. The predicted octanol–water partition coefficient (Wildman–Crippen LogP) is 7.64. The summed E-state index contributed by atoms with van der Waals surface area (Å²) in [5.74, 6) is 0. The van der Waals surface area contributed by atoms with Gasteiger partial charge in [-0.2, -0.15) is 0 Å². The molecule has 0 fully saturated rings. The molecular weight excluding hydrogens is 376 g/mol. The van der Waals surface area contributed by atoms with Crippen molar-refractivity contribution >= 4 is 58.2 Å². The molecule has 5 rings (SSSR count). The van der Waals surface area contributed by atoms with Gasteiger partial charge in [-0.15, -0.1) is 11.3 Å². The molecule has 0 unspecified atom stereocenters. The maximum Gasteiger partial charge on any atom is 0.0361 e. The molecule has 24 heavy (non-hydrogen) atoms. The van der Waals surface area contributed by atoms with Crippen LogP contribution in [-0.2, 0) is 0 Å². The first-order valence-electron chi connectivity index (χ1n) is 7.89. The maximum atomic E-state index is 3.57. The van der Waals surface area contributed by atoms with Crippen LogP contribution in [0.1, 0.15) is 0 Å². The van der Waals surface area contributed by atoms with Crippen LogP contribution in [0.5, 0.6) is 0 Å². The van der Waals surface area contributed by atoms with Crippen LogP contribution >= 0.6 is 27.3 Å². The SMILES string of the molecule is Brc1cccc(-c2ccc3sc4cc5ccccc5cc4c3c2)c1. The third kappa shape index (κ3) is 2.26. The molecule has 1 aromatic heterocycles. The molecule has 1 heterocycles. The Morgan fingerprint density at radius 3 is 2.17 bits per heavy atom. The highest BCUT2D eigenvalue weighted by Gasteiger charge is 2.08. The summed E-state index contributed by atoms with van der Waals surface area (Å²) < 4.78 is 3.82. The fourth-order valence-corrected chi connectivity index (χ4v) is 4.83. The van der Waals surface area contributed by atoms with E-state index in [9.17, 15) is 0 Å². The van der Waals surface area contributed by atoms with Crippen LogP contribution in [0.25, 0.3) is 42.1 Å². The summed E-state index contributed by atoms with van der Waals surface area (Å²) in [6, 6.07) is 28.5. The molecule has 0 amide bonds. The Bertz CT molecular complexity index is 1220. The topological polar surface area (TPSA) is 0 Å². The minimum absolute atomic E-state index is 1.11. The van der Waals surface area contributed by atoms with E-state index in [2.05, 4.69) is 94.8 Å². The minimum atomic E-state index is 1.11. The molecule has 0 aliphatic heterocycles. The smallest absolute Gasteiger partial charge is 0.0361 e. The molecule has 0 bridgehead atoms. The molecular formula is C22H13BrS. The molecule has 0 aliphatic carbocycles. The highest BCUT2D eigenvalue weighted by molar-refractivity contribution is 9.10. The molecule has 4 aromatic carbocycles. The second kappa shape index (κ2) is 5.44. The van der Waals surface area contributed by atoms with E-state index < -0.39 is 0 Å². The van der Waals surface area contributed by atoms with Crippen molar-refractivity contribution in [3.05, 3.63) is 83.3 Å². The first kappa shape index (κ1) is 14.2. The second-order valence-corrected chi connectivity index (χ2v) is 8.02. The monoisotopic (exact) mass is 388 g/mol. The van der Waals surface area contributed by atoms with Crippen molar-refractivity contribution in [1.82, 2.24) is 0 Å². The largest absolute Gasteiger partial charge is 0.135 e. The molecule has 5 aromatic rings. The van der Waals surface area contributed by atoms with Gasteiger partial charge in [0.2, 0.25) is 0 Å². The highest BCUT2D eigenvalue weighted by atomic mass is 79.9. The van der Waals surface area contributed by atoms with Crippen molar-refractivity contribution in [2.45, 2.75) is 0 Å². The number of hydrogen-bond donors (Lipinski definition) is 0. The molecule has 0 saturated carbocycles. The fourth-order valence-electron chi connectivity index (χ4n) is 3.31. The fraction of sp³-hybridized carbons (Fsp3) is 0. The normalized spacial score (nSPS) is 11.5. The van der Waals surface area contributed by atoms with E-state index in [1.54, 1.807) is 0 Å². The van der Waals surface area contributed by atoms with Crippen LogP contribution in [0.15, 0.2) is 83.3 Å². The number of halogens is 1. The molecule has 2 heteroatoms. The Morgan fingerprint density at radius 1 is 0.583 bits per heavy atom. The lowest BCUT2D eigenvalue weighted by molar-refractivity contribution is 1.62. The van der Waals surface area contributed by atoms with Gasteiger partial charge in [0, 0.05) is 24.6 Å². The molecule has 0 aliphatic rings. The number of rotatable bonds is 1. The molecule has 0 saturated heterocycles. The summed E-state index contributed by atoms with van der Waals surface area (Å²) in [4.78, 5) is 0. The van der Waals surface area contributed by atoms with Gasteiger partial charge in [0.05, 0.1) is 0 Å². The summed E-state index contributed by atoms with van der Waals surface area (Å²) in [7, 11) is 0. The van der Waals surface area contributed by atoms with Gasteiger partial charge in [-0.3, -0.25) is 0 Å². The van der Waals surface area contributed by atoms with Crippen molar-refractivity contribution in [3.8, 4) is 11.1 Å². The van der Waals surface area contributed by atoms with E-state index in [-0.39, 0.29) is 0 Å². The van der Waals surface area contributed by atoms with E-state index in [1.165, 1.54) is 42.1 Å². The summed E-state index contributed by atoms with van der Waals surface area (Å²) in [6.07, 6.45) is 0. The lowest BCUT2D eigenvalue weighted by Crippen LogP contribution is -1.78. The van der Waals surface area contributed by atoms with Crippen LogP contribution in [0, 0.1) is 0 Å². The zero-order valence-corrected chi connectivity index (χ0v) is 15.2. The van der Waals surface area contributed by atoms with E-state index in [0.717, 1.165) is 4.47 Å². The van der Waals surface area contributed by atoms with Gasteiger partial charge in [-0.1, -0.05) is 58.4 Å². The second-order valence-electron chi connectivity index (χ2n) is 6.02. The van der Waals surface area contributed by atoms with Crippen LogP contribution in [0.2, 0.25) is 0 Å². The van der Waals surface area contributed by atoms with Gasteiger partial charge >= 0.3 is 0 Å². The standard InChI is InChI=1S/C22H13BrS/c23-18-7-3-6-14(10-18)17-8-9-21-19(12-17)20-11-15-4-1-2-5-16(15)13-22(20)24-21/h1-13H. The van der Waals surface area contributed by atoms with Crippen LogP contribution in [0.3, 0.4) is 0 Å². The lowest BCUT2D eigenvalue weighted by Gasteiger charge is -2.03. The van der Waals surface area contributed by atoms with Gasteiger partial charge in [0.25, 0.3) is 0 Å². The molecule has 0 N–H and O–H groups in total. The highest BCUT2D eigenvalue weighted by Crippen LogP contribution is 2.38. The Kier molecular flexibility index (Phi) is 3.22. The number of hydrogen-bond acceptors (Lipinski definition) is 1. The van der Waals surface area contributed by atoms with Gasteiger partial charge in [-0.25, -0.2) is 0 Å². The van der Waals surface area contributed by atoms with Crippen LogP contribution < -0.4 is 0 Å². The zero-order valence-electron chi connectivity index (χ0n) is 12.8. The Labute approximate surface area is 152 Å². The molecule has 114 valence electrons. The first-order chi connectivity index (χ1) is 11.8. The third-order valence-corrected chi connectivity index (χ3v) is 6.12. The van der Waals surface area contributed by atoms with E-state index in [4.69, 9.17) is 0 Å². The van der Waals surface area contributed by atoms with E-state index in [1.807, 2.05) is 11.3 Å². The Morgan fingerprint density at radius 2 is 1.33 bits per heavy atom. The quantitative estimate of drug-likeness (QED) is 0.276. The van der Waals surface area contributed by atoms with Crippen LogP contribution in [-0.4, -0.2) is 0 Å². The van der Waals surface area contributed by atoms with E-state index in [0.29, 0.717) is 0 Å². The van der Waals surface area contributed by atoms with E-state index >= 15 is 0 Å². The maximum absolute atomic E-state index is 3.57.